The van der Waals surface area contributed by atoms with Crippen LogP contribution in [-0.4, -0.2) is 43.3 Å². The van der Waals surface area contributed by atoms with Crippen LogP contribution in [0.4, 0.5) is 10.5 Å². The fourth-order valence-electron chi connectivity index (χ4n) is 1.68. The molecule has 8 nitrogen and oxygen atoms in total. The average Bonchev–Trinajstić information content (AvgIpc) is 2.50. The molecule has 1 aromatic carbocycles. The number of carbonyl (C=O) groups is 3. The lowest BCUT2D eigenvalue weighted by molar-refractivity contribution is -0.145. The lowest BCUT2D eigenvalue weighted by Gasteiger charge is -2.19. The van der Waals surface area contributed by atoms with E-state index in [2.05, 4.69) is 10.6 Å². The van der Waals surface area contributed by atoms with Gasteiger partial charge in [-0.15, -0.1) is 0 Å². The van der Waals surface area contributed by atoms with Gasteiger partial charge in [0, 0.05) is 11.8 Å². The van der Waals surface area contributed by atoms with E-state index in [0.717, 1.165) is 0 Å². The summed E-state index contributed by atoms with van der Waals surface area (Å²) in [4.78, 5) is 34.6. The molecule has 25 heavy (non-hydrogen) atoms. The summed E-state index contributed by atoms with van der Waals surface area (Å²) in [7, 11) is 0. The molecule has 0 saturated carbocycles. The molecule has 8 heteroatoms. The average molecular weight is 352 g/mol. The highest BCUT2D eigenvalue weighted by Crippen LogP contribution is 2.17. The first-order valence-corrected chi connectivity index (χ1v) is 7.85. The highest BCUT2D eigenvalue weighted by atomic mass is 16.6. The van der Waals surface area contributed by atoms with Gasteiger partial charge in [0.1, 0.15) is 17.9 Å². The van der Waals surface area contributed by atoms with E-state index < -0.39 is 23.6 Å². The van der Waals surface area contributed by atoms with E-state index in [4.69, 9.17) is 14.2 Å². The molecule has 0 heterocycles. The van der Waals surface area contributed by atoms with Crippen molar-refractivity contribution in [1.29, 1.82) is 0 Å². The van der Waals surface area contributed by atoms with Crippen molar-refractivity contribution in [2.24, 2.45) is 0 Å². The van der Waals surface area contributed by atoms with Crippen molar-refractivity contribution in [2.75, 3.05) is 25.1 Å². The Kier molecular flexibility index (Phi) is 7.71. The SMILES string of the molecule is CCOC(=O)COc1cccc(NC(=O)CNC(=O)OC(C)(C)C)c1. The first-order valence-electron chi connectivity index (χ1n) is 7.85. The minimum Gasteiger partial charge on any atom is -0.482 e. The summed E-state index contributed by atoms with van der Waals surface area (Å²) in [5.74, 6) is -0.488. The number of carbonyl (C=O) groups excluding carboxylic acids is 3. The Morgan fingerprint density at radius 1 is 1.16 bits per heavy atom. The monoisotopic (exact) mass is 352 g/mol. The second kappa shape index (κ2) is 9.51. The third kappa shape index (κ3) is 9.19. The minimum absolute atomic E-state index is 0.217. The molecule has 0 fully saturated rings. The minimum atomic E-state index is -0.672. The molecule has 0 spiro atoms. The van der Waals surface area contributed by atoms with E-state index in [1.807, 2.05) is 0 Å². The molecule has 1 rings (SSSR count). The van der Waals surface area contributed by atoms with E-state index in [0.29, 0.717) is 11.4 Å². The van der Waals surface area contributed by atoms with Gasteiger partial charge in [-0.2, -0.15) is 0 Å². The third-order valence-electron chi connectivity index (χ3n) is 2.57. The lowest BCUT2D eigenvalue weighted by Crippen LogP contribution is -2.37. The highest BCUT2D eigenvalue weighted by molar-refractivity contribution is 5.94. The number of hydrogen-bond acceptors (Lipinski definition) is 6. The number of hydrogen-bond donors (Lipinski definition) is 2. The van der Waals surface area contributed by atoms with Crippen LogP contribution in [0.1, 0.15) is 27.7 Å². The fraction of sp³-hybridized carbons (Fsp3) is 0.471. The number of benzene rings is 1. The second-order valence-corrected chi connectivity index (χ2v) is 6.03. The van der Waals surface area contributed by atoms with Gasteiger partial charge in [0.15, 0.2) is 6.61 Å². The van der Waals surface area contributed by atoms with Gasteiger partial charge in [0.05, 0.1) is 6.61 Å². The number of alkyl carbamates (subject to hydrolysis) is 1. The number of esters is 1. The zero-order valence-corrected chi connectivity index (χ0v) is 14.9. The van der Waals surface area contributed by atoms with Crippen LogP contribution >= 0.6 is 0 Å². The van der Waals surface area contributed by atoms with Gasteiger partial charge in [0.25, 0.3) is 0 Å². The molecule has 0 aliphatic heterocycles. The van der Waals surface area contributed by atoms with E-state index in [-0.39, 0.29) is 19.8 Å². The quantitative estimate of drug-likeness (QED) is 0.729. The van der Waals surface area contributed by atoms with Crippen molar-refractivity contribution < 1.29 is 28.6 Å². The van der Waals surface area contributed by atoms with Crippen LogP contribution in [0, 0.1) is 0 Å². The maximum absolute atomic E-state index is 11.8. The fourth-order valence-corrected chi connectivity index (χ4v) is 1.68. The summed E-state index contributed by atoms with van der Waals surface area (Å²) in [6.07, 6.45) is -0.672. The first-order chi connectivity index (χ1) is 11.7. The zero-order valence-electron chi connectivity index (χ0n) is 14.9. The van der Waals surface area contributed by atoms with Crippen LogP contribution in [0.5, 0.6) is 5.75 Å². The molecule has 0 aliphatic carbocycles. The van der Waals surface area contributed by atoms with Crippen LogP contribution < -0.4 is 15.4 Å². The Morgan fingerprint density at radius 3 is 2.52 bits per heavy atom. The molecule has 0 unspecified atom stereocenters. The van der Waals surface area contributed by atoms with Gasteiger partial charge in [-0.1, -0.05) is 6.07 Å². The van der Waals surface area contributed by atoms with E-state index in [1.54, 1.807) is 52.0 Å². The van der Waals surface area contributed by atoms with Crippen LogP contribution in [0.3, 0.4) is 0 Å². The molecular formula is C17H24N2O6. The van der Waals surface area contributed by atoms with Crippen molar-refractivity contribution in [1.82, 2.24) is 5.32 Å². The predicted molar refractivity (Wildman–Crippen MR) is 91.4 cm³/mol. The van der Waals surface area contributed by atoms with E-state index in [1.165, 1.54) is 0 Å². The maximum Gasteiger partial charge on any atom is 0.408 e. The van der Waals surface area contributed by atoms with Crippen molar-refractivity contribution >= 4 is 23.7 Å². The van der Waals surface area contributed by atoms with Crippen molar-refractivity contribution in [3.8, 4) is 5.75 Å². The third-order valence-corrected chi connectivity index (χ3v) is 2.57. The summed E-state index contributed by atoms with van der Waals surface area (Å²) < 4.78 is 15.1. The Morgan fingerprint density at radius 2 is 1.88 bits per heavy atom. The summed E-state index contributed by atoms with van der Waals surface area (Å²) in [6.45, 7) is 6.73. The Bertz CT molecular complexity index is 609. The molecular weight excluding hydrogens is 328 g/mol. The lowest BCUT2D eigenvalue weighted by atomic mass is 10.2. The molecule has 0 aromatic heterocycles. The van der Waals surface area contributed by atoms with Crippen LogP contribution in [0.15, 0.2) is 24.3 Å². The zero-order chi connectivity index (χ0) is 18.9. The largest absolute Gasteiger partial charge is 0.482 e. The van der Waals surface area contributed by atoms with E-state index >= 15 is 0 Å². The molecule has 0 saturated heterocycles. The number of anilines is 1. The van der Waals surface area contributed by atoms with Gasteiger partial charge in [-0.3, -0.25) is 4.79 Å². The molecule has 0 atom stereocenters. The topological polar surface area (TPSA) is 103 Å². The van der Waals surface area contributed by atoms with Crippen molar-refractivity contribution in [2.45, 2.75) is 33.3 Å². The Hall–Kier alpha value is -2.77. The standard InChI is InChI=1S/C17H24N2O6/c1-5-23-15(21)11-24-13-8-6-7-12(9-13)19-14(20)10-18-16(22)25-17(2,3)4/h6-9H,5,10-11H2,1-4H3,(H,18,22)(H,19,20). The van der Waals surface area contributed by atoms with Crippen molar-refractivity contribution in [3.05, 3.63) is 24.3 Å². The van der Waals surface area contributed by atoms with Gasteiger partial charge in [0.2, 0.25) is 5.91 Å². The molecule has 0 bridgehead atoms. The summed E-state index contributed by atoms with van der Waals surface area (Å²) in [5.41, 5.74) is -0.164. The first kappa shape index (κ1) is 20.3. The summed E-state index contributed by atoms with van der Waals surface area (Å²) in [6, 6.07) is 6.53. The molecule has 2 N–H and O–H groups in total. The molecule has 0 radical (unpaired) electrons. The van der Waals surface area contributed by atoms with Gasteiger partial charge < -0.3 is 24.8 Å². The van der Waals surface area contributed by atoms with Gasteiger partial charge in [-0.05, 0) is 39.8 Å². The normalized spacial score (nSPS) is 10.6. The van der Waals surface area contributed by atoms with E-state index in [9.17, 15) is 14.4 Å². The second-order valence-electron chi connectivity index (χ2n) is 6.03. The van der Waals surface area contributed by atoms with Crippen LogP contribution in [0.2, 0.25) is 0 Å². The number of nitrogens with one attached hydrogen (secondary N) is 2. The summed E-state index contributed by atoms with van der Waals surface area (Å²) >= 11 is 0. The highest BCUT2D eigenvalue weighted by Gasteiger charge is 2.16. The smallest absolute Gasteiger partial charge is 0.408 e. The Balaban J connectivity index is 2.45. The number of ether oxygens (including phenoxy) is 3. The van der Waals surface area contributed by atoms with Crippen LogP contribution in [-0.2, 0) is 19.1 Å². The Labute approximate surface area is 146 Å². The van der Waals surface area contributed by atoms with Crippen molar-refractivity contribution in [3.63, 3.8) is 0 Å². The number of amides is 2. The van der Waals surface area contributed by atoms with Crippen LogP contribution in [0.25, 0.3) is 0 Å². The number of rotatable bonds is 7. The molecule has 138 valence electrons. The summed E-state index contributed by atoms with van der Waals surface area (Å²) in [5, 5.41) is 4.97. The molecule has 1 aromatic rings. The molecule has 0 aliphatic rings. The molecule has 2 amide bonds. The van der Waals surface area contributed by atoms with Gasteiger partial charge in [-0.25, -0.2) is 9.59 Å². The maximum atomic E-state index is 11.8. The van der Waals surface area contributed by atoms with Gasteiger partial charge >= 0.3 is 12.1 Å². The predicted octanol–water partition coefficient (Wildman–Crippen LogP) is 2.09.